The summed E-state index contributed by atoms with van der Waals surface area (Å²) in [4.78, 5) is 36.4. The van der Waals surface area contributed by atoms with Gasteiger partial charge in [0.2, 0.25) is 0 Å². The van der Waals surface area contributed by atoms with E-state index in [2.05, 4.69) is 10.6 Å². The molecule has 0 saturated carbocycles. The van der Waals surface area contributed by atoms with Gasteiger partial charge in [-0.1, -0.05) is 66.7 Å². The van der Waals surface area contributed by atoms with E-state index in [-0.39, 0.29) is 5.70 Å². The second kappa shape index (κ2) is 9.14. The van der Waals surface area contributed by atoms with Crippen LogP contribution in [0.2, 0.25) is 0 Å². The Labute approximate surface area is 184 Å². The number of rotatable bonds is 6. The second-order valence-electron chi connectivity index (χ2n) is 7.19. The molecule has 0 bridgehead atoms. The molecule has 158 valence electrons. The largest absolute Gasteiger partial charge is 0.480 e. The van der Waals surface area contributed by atoms with Crippen LogP contribution in [0.25, 0.3) is 27.6 Å². The molecule has 2 amide bonds. The minimum absolute atomic E-state index is 0.0412. The van der Waals surface area contributed by atoms with Crippen molar-refractivity contribution in [2.45, 2.75) is 0 Å². The number of carbonyl (C=O) groups is 3. The van der Waals surface area contributed by atoms with Crippen LogP contribution in [0.5, 0.6) is 0 Å². The molecule has 0 aliphatic carbocycles. The molecule has 0 atom stereocenters. The van der Waals surface area contributed by atoms with Crippen LogP contribution in [0, 0.1) is 0 Å². The van der Waals surface area contributed by atoms with Gasteiger partial charge in [0.25, 0.3) is 11.8 Å². The van der Waals surface area contributed by atoms with Crippen LogP contribution in [-0.2, 0) is 9.59 Å². The molecule has 0 heterocycles. The monoisotopic (exact) mass is 424 g/mol. The fourth-order valence-electron chi connectivity index (χ4n) is 3.55. The van der Waals surface area contributed by atoms with Gasteiger partial charge in [-0.2, -0.15) is 0 Å². The average molecular weight is 424 g/mol. The van der Waals surface area contributed by atoms with Crippen LogP contribution < -0.4 is 10.6 Å². The van der Waals surface area contributed by atoms with E-state index in [4.69, 9.17) is 5.11 Å². The zero-order valence-electron chi connectivity index (χ0n) is 17.0. The molecule has 0 fully saturated rings. The van der Waals surface area contributed by atoms with Crippen molar-refractivity contribution in [3.63, 3.8) is 0 Å². The van der Waals surface area contributed by atoms with Crippen LogP contribution in [0.15, 0.2) is 90.6 Å². The predicted molar refractivity (Wildman–Crippen MR) is 124 cm³/mol. The number of fused-ring (bicyclic) bond motifs is 3. The summed E-state index contributed by atoms with van der Waals surface area (Å²) in [6.07, 6.45) is 1.58. The molecule has 0 aliphatic rings. The number of nitrogens with one attached hydrogen (secondary N) is 2. The predicted octanol–water partition coefficient (Wildman–Crippen LogP) is 3.96. The topological polar surface area (TPSA) is 95.5 Å². The summed E-state index contributed by atoms with van der Waals surface area (Å²) in [5, 5.41) is 17.9. The highest BCUT2D eigenvalue weighted by Gasteiger charge is 2.16. The Morgan fingerprint density at radius 3 is 2.12 bits per heavy atom. The van der Waals surface area contributed by atoms with Crippen LogP contribution in [-0.4, -0.2) is 29.4 Å². The van der Waals surface area contributed by atoms with Crippen LogP contribution in [0.4, 0.5) is 0 Å². The Morgan fingerprint density at radius 2 is 1.41 bits per heavy atom. The van der Waals surface area contributed by atoms with E-state index >= 15 is 0 Å². The number of benzene rings is 4. The third kappa shape index (κ3) is 4.49. The third-order valence-electron chi connectivity index (χ3n) is 5.03. The molecule has 4 aromatic rings. The van der Waals surface area contributed by atoms with E-state index in [0.717, 1.165) is 27.1 Å². The summed E-state index contributed by atoms with van der Waals surface area (Å²) in [6, 6.07) is 26.1. The van der Waals surface area contributed by atoms with E-state index in [1.165, 1.54) is 0 Å². The van der Waals surface area contributed by atoms with Gasteiger partial charge in [-0.3, -0.25) is 14.4 Å². The van der Waals surface area contributed by atoms with Crippen molar-refractivity contribution in [1.82, 2.24) is 10.6 Å². The fraction of sp³-hybridized carbons (Fsp3) is 0.0385. The second-order valence-corrected chi connectivity index (χ2v) is 7.19. The van der Waals surface area contributed by atoms with Crippen molar-refractivity contribution in [3.8, 4) is 0 Å². The maximum Gasteiger partial charge on any atom is 0.322 e. The number of hydrogen-bond acceptors (Lipinski definition) is 3. The van der Waals surface area contributed by atoms with E-state index < -0.39 is 24.3 Å². The smallest absolute Gasteiger partial charge is 0.322 e. The SMILES string of the molecule is O=C(O)CNC(=O)/C(=C/c1cc2ccccc2c2ccccc12)NC(=O)c1ccccc1. The van der Waals surface area contributed by atoms with E-state index in [1.807, 2.05) is 54.6 Å². The van der Waals surface area contributed by atoms with E-state index in [1.54, 1.807) is 36.4 Å². The quantitative estimate of drug-likeness (QED) is 0.322. The average Bonchev–Trinajstić information content (AvgIpc) is 2.82. The van der Waals surface area contributed by atoms with Crippen molar-refractivity contribution in [1.29, 1.82) is 0 Å². The first-order chi connectivity index (χ1) is 15.5. The van der Waals surface area contributed by atoms with Gasteiger partial charge in [-0.05, 0) is 51.4 Å². The van der Waals surface area contributed by atoms with Gasteiger partial charge in [-0.15, -0.1) is 0 Å². The molecule has 0 radical (unpaired) electrons. The lowest BCUT2D eigenvalue weighted by Crippen LogP contribution is -2.37. The molecule has 0 saturated heterocycles. The summed E-state index contributed by atoms with van der Waals surface area (Å²) in [5.41, 5.74) is 1.07. The molecule has 0 spiro atoms. The number of carboxylic acids is 1. The lowest BCUT2D eigenvalue weighted by Gasteiger charge is -2.12. The molecule has 6 nitrogen and oxygen atoms in total. The molecule has 3 N–H and O–H groups in total. The Kier molecular flexibility index (Phi) is 5.94. The Morgan fingerprint density at radius 1 is 0.781 bits per heavy atom. The minimum Gasteiger partial charge on any atom is -0.480 e. The normalized spacial score (nSPS) is 11.3. The third-order valence-corrected chi connectivity index (χ3v) is 5.03. The Hall–Kier alpha value is -4.45. The van der Waals surface area contributed by atoms with Gasteiger partial charge >= 0.3 is 5.97 Å². The van der Waals surface area contributed by atoms with E-state index in [9.17, 15) is 14.4 Å². The lowest BCUT2D eigenvalue weighted by molar-refractivity contribution is -0.137. The van der Waals surface area contributed by atoms with Gasteiger partial charge in [0.1, 0.15) is 12.2 Å². The highest BCUT2D eigenvalue weighted by Crippen LogP contribution is 2.29. The van der Waals surface area contributed by atoms with Crippen LogP contribution >= 0.6 is 0 Å². The van der Waals surface area contributed by atoms with Gasteiger partial charge in [-0.25, -0.2) is 0 Å². The van der Waals surface area contributed by atoms with Crippen LogP contribution in [0.1, 0.15) is 15.9 Å². The first kappa shape index (κ1) is 20.8. The molecular weight excluding hydrogens is 404 g/mol. The van der Waals surface area contributed by atoms with Crippen molar-refractivity contribution in [2.24, 2.45) is 0 Å². The number of amides is 2. The van der Waals surface area contributed by atoms with Crippen molar-refractivity contribution in [2.75, 3.05) is 6.54 Å². The molecule has 6 heteroatoms. The van der Waals surface area contributed by atoms with E-state index in [0.29, 0.717) is 5.56 Å². The van der Waals surface area contributed by atoms with Gasteiger partial charge < -0.3 is 15.7 Å². The summed E-state index contributed by atoms with van der Waals surface area (Å²) in [5.74, 6) is -2.33. The number of hydrogen-bond donors (Lipinski definition) is 3. The maximum absolute atomic E-state index is 12.8. The summed E-state index contributed by atoms with van der Waals surface area (Å²) < 4.78 is 0. The number of carbonyl (C=O) groups excluding carboxylic acids is 2. The lowest BCUT2D eigenvalue weighted by atomic mass is 9.96. The Bertz CT molecular complexity index is 1360. The zero-order valence-corrected chi connectivity index (χ0v) is 17.0. The highest BCUT2D eigenvalue weighted by molar-refractivity contribution is 6.13. The standard InChI is InChI=1S/C26H20N2O4/c29-24(30)16-27-26(32)23(28-25(31)17-8-2-1-3-9-17)15-19-14-18-10-4-5-11-20(18)22-13-7-6-12-21(19)22/h1-15H,16H2,(H,27,32)(H,28,31)(H,29,30)/b23-15-. The van der Waals surface area contributed by atoms with Crippen molar-refractivity contribution < 1.29 is 19.5 Å². The fourth-order valence-corrected chi connectivity index (χ4v) is 3.55. The molecular formula is C26H20N2O4. The molecule has 0 unspecified atom stereocenters. The Balaban J connectivity index is 1.81. The first-order valence-electron chi connectivity index (χ1n) is 10.0. The molecule has 4 aromatic carbocycles. The minimum atomic E-state index is -1.18. The summed E-state index contributed by atoms with van der Waals surface area (Å²) in [6.45, 7) is -0.560. The molecule has 32 heavy (non-hydrogen) atoms. The summed E-state index contributed by atoms with van der Waals surface area (Å²) in [7, 11) is 0. The number of aliphatic carboxylic acids is 1. The van der Waals surface area contributed by atoms with Gasteiger partial charge in [0, 0.05) is 5.56 Å². The molecule has 0 aliphatic heterocycles. The summed E-state index contributed by atoms with van der Waals surface area (Å²) >= 11 is 0. The van der Waals surface area contributed by atoms with Gasteiger partial charge in [0.05, 0.1) is 0 Å². The molecule has 4 rings (SSSR count). The first-order valence-corrected chi connectivity index (χ1v) is 10.0. The van der Waals surface area contributed by atoms with Crippen LogP contribution in [0.3, 0.4) is 0 Å². The highest BCUT2D eigenvalue weighted by atomic mass is 16.4. The van der Waals surface area contributed by atoms with Crippen molar-refractivity contribution >= 4 is 45.4 Å². The van der Waals surface area contributed by atoms with Gasteiger partial charge in [0.15, 0.2) is 0 Å². The van der Waals surface area contributed by atoms with Crippen molar-refractivity contribution in [3.05, 3.63) is 102 Å². The maximum atomic E-state index is 12.8. The zero-order chi connectivity index (χ0) is 22.5. The number of carboxylic acid groups (broad SMARTS) is 1. The molecule has 0 aromatic heterocycles.